The maximum absolute atomic E-state index is 13.2. The summed E-state index contributed by atoms with van der Waals surface area (Å²) in [5.74, 6) is -0.167. The van der Waals surface area contributed by atoms with Gasteiger partial charge in [-0.15, -0.1) is 0 Å². The summed E-state index contributed by atoms with van der Waals surface area (Å²) in [6.07, 6.45) is 4.43. The summed E-state index contributed by atoms with van der Waals surface area (Å²) in [5, 5.41) is 3.47. The second-order valence-electron chi connectivity index (χ2n) is 5.68. The number of halogens is 1. The maximum atomic E-state index is 13.2. The minimum atomic E-state index is -0.167. The minimum absolute atomic E-state index is 0.167. The normalized spacial score (nSPS) is 12.1. The van der Waals surface area contributed by atoms with Crippen molar-refractivity contribution in [3.63, 3.8) is 0 Å². The summed E-state index contributed by atoms with van der Waals surface area (Å²) in [6, 6.07) is 15.7. The zero-order chi connectivity index (χ0) is 15.1. The summed E-state index contributed by atoms with van der Waals surface area (Å²) in [7, 11) is 0. The van der Waals surface area contributed by atoms with E-state index in [2.05, 4.69) is 43.4 Å². The SMILES string of the molecule is CCCCc1ccc(NC(C)Cc2cccc(F)c2)cc1. The fraction of sp³-hybridized carbons (Fsp3) is 0.368. The van der Waals surface area contributed by atoms with E-state index in [0.717, 1.165) is 24.1 Å². The molecule has 0 aliphatic rings. The molecule has 1 N–H and O–H groups in total. The highest BCUT2D eigenvalue weighted by Crippen LogP contribution is 2.14. The number of hydrogen-bond donors (Lipinski definition) is 1. The van der Waals surface area contributed by atoms with Gasteiger partial charge in [0, 0.05) is 11.7 Å². The van der Waals surface area contributed by atoms with E-state index in [0.29, 0.717) is 0 Å². The first-order valence-corrected chi connectivity index (χ1v) is 7.77. The van der Waals surface area contributed by atoms with Crippen LogP contribution in [-0.2, 0) is 12.8 Å². The van der Waals surface area contributed by atoms with Crippen molar-refractivity contribution in [3.8, 4) is 0 Å². The molecule has 0 amide bonds. The second kappa shape index (κ2) is 7.82. The number of unbranched alkanes of at least 4 members (excludes halogenated alkanes) is 1. The Morgan fingerprint density at radius 1 is 1.05 bits per heavy atom. The third kappa shape index (κ3) is 5.22. The van der Waals surface area contributed by atoms with Crippen LogP contribution in [0.15, 0.2) is 48.5 Å². The molecule has 0 aliphatic heterocycles. The van der Waals surface area contributed by atoms with Crippen LogP contribution in [0, 0.1) is 5.82 Å². The van der Waals surface area contributed by atoms with Crippen LogP contribution in [0.1, 0.15) is 37.8 Å². The van der Waals surface area contributed by atoms with Gasteiger partial charge in [0.2, 0.25) is 0 Å². The monoisotopic (exact) mass is 285 g/mol. The van der Waals surface area contributed by atoms with Crippen molar-refractivity contribution in [2.45, 2.75) is 45.6 Å². The Balaban J connectivity index is 1.88. The average molecular weight is 285 g/mol. The second-order valence-corrected chi connectivity index (χ2v) is 5.68. The Kier molecular flexibility index (Phi) is 5.79. The van der Waals surface area contributed by atoms with Gasteiger partial charge < -0.3 is 5.32 Å². The van der Waals surface area contributed by atoms with Gasteiger partial charge in [-0.05, 0) is 61.6 Å². The lowest BCUT2D eigenvalue weighted by atomic mass is 10.1. The summed E-state index contributed by atoms with van der Waals surface area (Å²) < 4.78 is 13.2. The third-order valence-corrected chi connectivity index (χ3v) is 3.62. The first-order valence-electron chi connectivity index (χ1n) is 7.77. The minimum Gasteiger partial charge on any atom is -0.382 e. The highest BCUT2D eigenvalue weighted by Gasteiger charge is 2.04. The standard InChI is InChI=1S/C19H24FN/c1-3-4-6-16-9-11-19(12-10-16)21-15(2)13-17-7-5-8-18(20)14-17/h5,7-12,14-15,21H,3-4,6,13H2,1-2H3. The Bertz CT molecular complexity index is 548. The Morgan fingerprint density at radius 3 is 2.48 bits per heavy atom. The number of benzene rings is 2. The van der Waals surface area contributed by atoms with Crippen molar-refractivity contribution in [1.29, 1.82) is 0 Å². The van der Waals surface area contributed by atoms with E-state index >= 15 is 0 Å². The summed E-state index contributed by atoms with van der Waals surface area (Å²) in [5.41, 5.74) is 3.54. The van der Waals surface area contributed by atoms with Crippen molar-refractivity contribution in [3.05, 3.63) is 65.5 Å². The van der Waals surface area contributed by atoms with E-state index in [4.69, 9.17) is 0 Å². The third-order valence-electron chi connectivity index (χ3n) is 3.62. The van der Waals surface area contributed by atoms with Gasteiger partial charge in [0.1, 0.15) is 5.82 Å². The van der Waals surface area contributed by atoms with Crippen LogP contribution < -0.4 is 5.32 Å². The number of rotatable bonds is 7. The molecule has 0 saturated carbocycles. The fourth-order valence-electron chi connectivity index (χ4n) is 2.50. The van der Waals surface area contributed by atoms with E-state index in [-0.39, 0.29) is 11.9 Å². The quantitative estimate of drug-likeness (QED) is 0.736. The largest absolute Gasteiger partial charge is 0.382 e. The molecule has 0 heterocycles. The molecule has 112 valence electrons. The highest BCUT2D eigenvalue weighted by molar-refractivity contribution is 5.45. The van der Waals surface area contributed by atoms with Gasteiger partial charge in [-0.2, -0.15) is 0 Å². The van der Waals surface area contributed by atoms with Gasteiger partial charge in [0.05, 0.1) is 0 Å². The van der Waals surface area contributed by atoms with Crippen LogP contribution in [0.5, 0.6) is 0 Å². The van der Waals surface area contributed by atoms with Gasteiger partial charge in [-0.3, -0.25) is 0 Å². The van der Waals surface area contributed by atoms with Crippen molar-refractivity contribution < 1.29 is 4.39 Å². The fourth-order valence-corrected chi connectivity index (χ4v) is 2.50. The molecule has 0 spiro atoms. The molecule has 1 nitrogen and oxygen atoms in total. The van der Waals surface area contributed by atoms with Crippen molar-refractivity contribution in [1.82, 2.24) is 0 Å². The molecule has 0 radical (unpaired) electrons. The molecular formula is C19H24FN. The molecule has 0 bridgehead atoms. The topological polar surface area (TPSA) is 12.0 Å². The number of hydrogen-bond acceptors (Lipinski definition) is 1. The Hall–Kier alpha value is -1.83. The first-order chi connectivity index (χ1) is 10.2. The predicted molar refractivity (Wildman–Crippen MR) is 88.2 cm³/mol. The molecule has 1 unspecified atom stereocenters. The van der Waals surface area contributed by atoms with Crippen molar-refractivity contribution in [2.24, 2.45) is 0 Å². The van der Waals surface area contributed by atoms with Crippen LogP contribution in [0.3, 0.4) is 0 Å². The molecule has 0 aliphatic carbocycles. The first kappa shape index (κ1) is 15.6. The zero-order valence-corrected chi connectivity index (χ0v) is 12.9. The number of anilines is 1. The summed E-state index contributed by atoms with van der Waals surface area (Å²) in [4.78, 5) is 0. The molecule has 2 aromatic carbocycles. The molecule has 2 aromatic rings. The predicted octanol–water partition coefficient (Wildman–Crippen LogP) is 5.21. The molecule has 1 atom stereocenters. The average Bonchev–Trinajstić information content (AvgIpc) is 2.46. The van der Waals surface area contributed by atoms with Crippen molar-refractivity contribution in [2.75, 3.05) is 5.32 Å². The molecular weight excluding hydrogens is 261 g/mol. The lowest BCUT2D eigenvalue weighted by Gasteiger charge is -2.16. The lowest BCUT2D eigenvalue weighted by Crippen LogP contribution is -2.18. The Labute approximate surface area is 127 Å². The molecule has 0 saturated heterocycles. The smallest absolute Gasteiger partial charge is 0.123 e. The lowest BCUT2D eigenvalue weighted by molar-refractivity contribution is 0.624. The van der Waals surface area contributed by atoms with Crippen LogP contribution >= 0.6 is 0 Å². The number of aryl methyl sites for hydroxylation is 1. The van der Waals surface area contributed by atoms with Crippen LogP contribution in [0.25, 0.3) is 0 Å². The molecule has 0 aromatic heterocycles. The molecule has 0 fully saturated rings. The van der Waals surface area contributed by atoms with E-state index in [1.807, 2.05) is 6.07 Å². The molecule has 2 rings (SSSR count). The van der Waals surface area contributed by atoms with Crippen molar-refractivity contribution >= 4 is 5.69 Å². The Morgan fingerprint density at radius 2 is 1.81 bits per heavy atom. The summed E-state index contributed by atoms with van der Waals surface area (Å²) in [6.45, 7) is 4.33. The van der Waals surface area contributed by atoms with Gasteiger partial charge in [-0.1, -0.05) is 37.6 Å². The van der Waals surface area contributed by atoms with Crippen LogP contribution in [-0.4, -0.2) is 6.04 Å². The van der Waals surface area contributed by atoms with E-state index < -0.39 is 0 Å². The van der Waals surface area contributed by atoms with Gasteiger partial charge >= 0.3 is 0 Å². The van der Waals surface area contributed by atoms with Gasteiger partial charge in [-0.25, -0.2) is 4.39 Å². The van der Waals surface area contributed by atoms with E-state index in [9.17, 15) is 4.39 Å². The molecule has 2 heteroatoms. The summed E-state index contributed by atoms with van der Waals surface area (Å²) >= 11 is 0. The van der Waals surface area contributed by atoms with Gasteiger partial charge in [0.15, 0.2) is 0 Å². The molecule has 21 heavy (non-hydrogen) atoms. The highest BCUT2D eigenvalue weighted by atomic mass is 19.1. The van der Waals surface area contributed by atoms with E-state index in [1.165, 1.54) is 24.5 Å². The van der Waals surface area contributed by atoms with Crippen LogP contribution in [0.4, 0.5) is 10.1 Å². The maximum Gasteiger partial charge on any atom is 0.123 e. The zero-order valence-electron chi connectivity index (χ0n) is 12.9. The van der Waals surface area contributed by atoms with E-state index in [1.54, 1.807) is 12.1 Å². The van der Waals surface area contributed by atoms with Gasteiger partial charge in [0.25, 0.3) is 0 Å². The number of nitrogens with one attached hydrogen (secondary N) is 1. The van der Waals surface area contributed by atoms with Crippen LogP contribution in [0.2, 0.25) is 0 Å².